The van der Waals surface area contributed by atoms with Crippen molar-refractivity contribution in [2.24, 2.45) is 5.73 Å². The summed E-state index contributed by atoms with van der Waals surface area (Å²) in [5.74, 6) is 0. The summed E-state index contributed by atoms with van der Waals surface area (Å²) in [4.78, 5) is 4.77. The van der Waals surface area contributed by atoms with Gasteiger partial charge in [0.05, 0.1) is 6.61 Å². The second-order valence-corrected chi connectivity index (χ2v) is 5.62. The second-order valence-electron chi connectivity index (χ2n) is 5.62. The monoisotopic (exact) mass is 229 g/mol. The molecular weight excluding hydrogens is 202 g/mol. The van der Waals surface area contributed by atoms with E-state index in [0.29, 0.717) is 6.04 Å². The maximum absolute atomic E-state index is 9.11. The van der Waals surface area contributed by atoms with Crippen LogP contribution in [0, 0.1) is 0 Å². The molecule has 2 atom stereocenters. The Morgan fingerprint density at radius 3 is 2.75 bits per heavy atom. The number of aliphatic hydroxyl groups excluding tert-OH is 1. The predicted octanol–water partition coefficient (Wildman–Crippen LogP) is 0.112. The first-order valence-corrected chi connectivity index (χ1v) is 6.23. The van der Waals surface area contributed by atoms with Gasteiger partial charge in [0.2, 0.25) is 0 Å². The topological polar surface area (TPSA) is 52.7 Å². The van der Waals surface area contributed by atoms with E-state index in [4.69, 9.17) is 10.8 Å². The SMILES string of the molecule is CN(C)C1CCCN(CCC(C)(N)CO)C1. The van der Waals surface area contributed by atoms with Gasteiger partial charge >= 0.3 is 0 Å². The van der Waals surface area contributed by atoms with Gasteiger partial charge in [-0.2, -0.15) is 0 Å². The Morgan fingerprint density at radius 2 is 2.19 bits per heavy atom. The molecule has 0 spiro atoms. The van der Waals surface area contributed by atoms with E-state index >= 15 is 0 Å². The molecule has 1 aliphatic rings. The third kappa shape index (κ3) is 4.37. The van der Waals surface area contributed by atoms with Crippen LogP contribution < -0.4 is 5.73 Å². The first-order valence-electron chi connectivity index (χ1n) is 6.23. The molecule has 0 aromatic carbocycles. The third-order valence-electron chi connectivity index (χ3n) is 3.57. The highest BCUT2D eigenvalue weighted by Gasteiger charge is 2.23. The van der Waals surface area contributed by atoms with Crippen LogP contribution >= 0.6 is 0 Å². The standard InChI is InChI=1S/C12H27N3O/c1-12(13,10-16)6-8-15-7-4-5-11(9-15)14(2)3/h11,16H,4-10,13H2,1-3H3. The number of likely N-dealkylation sites (N-methyl/N-ethyl adjacent to an activating group) is 1. The van der Waals surface area contributed by atoms with Gasteiger partial charge in [0.25, 0.3) is 0 Å². The molecule has 0 radical (unpaired) electrons. The number of likely N-dealkylation sites (tertiary alicyclic amines) is 1. The molecule has 1 fully saturated rings. The van der Waals surface area contributed by atoms with Crippen LogP contribution in [-0.4, -0.2) is 66.8 Å². The number of rotatable bonds is 5. The minimum atomic E-state index is -0.426. The van der Waals surface area contributed by atoms with E-state index in [1.165, 1.54) is 19.4 Å². The van der Waals surface area contributed by atoms with Crippen LogP contribution in [-0.2, 0) is 0 Å². The molecule has 1 heterocycles. The van der Waals surface area contributed by atoms with Gasteiger partial charge in [-0.15, -0.1) is 0 Å². The largest absolute Gasteiger partial charge is 0.394 e. The average Bonchev–Trinajstić information content (AvgIpc) is 2.27. The van der Waals surface area contributed by atoms with Crippen LogP contribution in [0.5, 0.6) is 0 Å². The van der Waals surface area contributed by atoms with Crippen molar-refractivity contribution in [3.05, 3.63) is 0 Å². The van der Waals surface area contributed by atoms with Gasteiger partial charge in [0, 0.05) is 24.7 Å². The van der Waals surface area contributed by atoms with Gasteiger partial charge in [-0.05, 0) is 46.8 Å². The second kappa shape index (κ2) is 5.96. The van der Waals surface area contributed by atoms with E-state index in [1.54, 1.807) is 0 Å². The highest BCUT2D eigenvalue weighted by Crippen LogP contribution is 2.15. The normalized spacial score (nSPS) is 27.0. The van der Waals surface area contributed by atoms with E-state index in [9.17, 15) is 0 Å². The number of hydrogen-bond acceptors (Lipinski definition) is 4. The van der Waals surface area contributed by atoms with Crippen LogP contribution in [0.1, 0.15) is 26.2 Å². The molecule has 0 aromatic rings. The van der Waals surface area contributed by atoms with Gasteiger partial charge in [-0.3, -0.25) is 0 Å². The summed E-state index contributed by atoms with van der Waals surface area (Å²) in [5, 5.41) is 9.11. The van der Waals surface area contributed by atoms with Crippen molar-refractivity contribution in [1.29, 1.82) is 0 Å². The van der Waals surface area contributed by atoms with Crippen molar-refractivity contribution in [2.45, 2.75) is 37.8 Å². The van der Waals surface area contributed by atoms with E-state index in [-0.39, 0.29) is 6.61 Å². The predicted molar refractivity (Wildman–Crippen MR) is 67.4 cm³/mol. The number of nitrogens with two attached hydrogens (primary N) is 1. The third-order valence-corrected chi connectivity index (χ3v) is 3.57. The quantitative estimate of drug-likeness (QED) is 0.703. The fourth-order valence-electron chi connectivity index (χ4n) is 2.15. The maximum atomic E-state index is 9.11. The van der Waals surface area contributed by atoms with E-state index in [0.717, 1.165) is 19.5 Å². The Morgan fingerprint density at radius 1 is 1.50 bits per heavy atom. The van der Waals surface area contributed by atoms with Crippen molar-refractivity contribution in [3.63, 3.8) is 0 Å². The Balaban J connectivity index is 2.32. The van der Waals surface area contributed by atoms with Crippen molar-refractivity contribution in [3.8, 4) is 0 Å². The van der Waals surface area contributed by atoms with Gasteiger partial charge in [-0.25, -0.2) is 0 Å². The van der Waals surface area contributed by atoms with Crippen LogP contribution in [0.2, 0.25) is 0 Å². The fraction of sp³-hybridized carbons (Fsp3) is 1.00. The Kier molecular flexibility index (Phi) is 5.18. The summed E-state index contributed by atoms with van der Waals surface area (Å²) in [6, 6.07) is 0.673. The summed E-state index contributed by atoms with van der Waals surface area (Å²) in [7, 11) is 4.30. The molecule has 0 amide bonds. The number of aliphatic hydroxyl groups is 1. The zero-order valence-corrected chi connectivity index (χ0v) is 10.9. The molecule has 0 saturated carbocycles. The van der Waals surface area contributed by atoms with Crippen LogP contribution in [0.4, 0.5) is 0 Å². The molecule has 4 nitrogen and oxygen atoms in total. The number of nitrogens with zero attached hydrogens (tertiary/aromatic N) is 2. The lowest BCUT2D eigenvalue weighted by atomic mass is 9.98. The minimum Gasteiger partial charge on any atom is -0.394 e. The molecule has 0 aliphatic carbocycles. The minimum absolute atomic E-state index is 0.0674. The molecule has 1 rings (SSSR count). The van der Waals surface area contributed by atoms with Gasteiger partial charge < -0.3 is 20.6 Å². The number of hydrogen-bond donors (Lipinski definition) is 2. The summed E-state index contributed by atoms with van der Waals surface area (Å²) in [5.41, 5.74) is 5.52. The van der Waals surface area contributed by atoms with Gasteiger partial charge in [-0.1, -0.05) is 0 Å². The molecule has 0 bridgehead atoms. The Hall–Kier alpha value is -0.160. The highest BCUT2D eigenvalue weighted by atomic mass is 16.3. The zero-order valence-electron chi connectivity index (χ0n) is 10.9. The zero-order chi connectivity index (χ0) is 12.2. The molecule has 96 valence electrons. The molecule has 1 aliphatic heterocycles. The van der Waals surface area contributed by atoms with Crippen molar-refractivity contribution >= 4 is 0 Å². The van der Waals surface area contributed by atoms with Gasteiger partial charge in [0.15, 0.2) is 0 Å². The lowest BCUT2D eigenvalue weighted by Crippen LogP contribution is -2.48. The summed E-state index contributed by atoms with van der Waals surface area (Å²) in [6.07, 6.45) is 3.43. The molecular formula is C12H27N3O. The van der Waals surface area contributed by atoms with Crippen LogP contribution in [0.25, 0.3) is 0 Å². The fourth-order valence-corrected chi connectivity index (χ4v) is 2.15. The molecule has 2 unspecified atom stereocenters. The van der Waals surface area contributed by atoms with Crippen LogP contribution in [0.15, 0.2) is 0 Å². The summed E-state index contributed by atoms with van der Waals surface area (Å²) < 4.78 is 0. The summed E-state index contributed by atoms with van der Waals surface area (Å²) in [6.45, 7) is 5.29. The first-order chi connectivity index (χ1) is 7.44. The lowest BCUT2D eigenvalue weighted by molar-refractivity contribution is 0.116. The van der Waals surface area contributed by atoms with E-state index in [2.05, 4.69) is 23.9 Å². The van der Waals surface area contributed by atoms with Crippen molar-refractivity contribution < 1.29 is 5.11 Å². The average molecular weight is 229 g/mol. The maximum Gasteiger partial charge on any atom is 0.0608 e. The first kappa shape index (κ1) is 13.9. The van der Waals surface area contributed by atoms with E-state index < -0.39 is 5.54 Å². The molecule has 16 heavy (non-hydrogen) atoms. The number of piperidine rings is 1. The summed E-state index contributed by atoms with van der Waals surface area (Å²) >= 11 is 0. The lowest BCUT2D eigenvalue weighted by Gasteiger charge is -2.37. The Labute approximate surface area is 99.4 Å². The highest BCUT2D eigenvalue weighted by molar-refractivity contribution is 4.82. The molecule has 1 saturated heterocycles. The van der Waals surface area contributed by atoms with Crippen molar-refractivity contribution in [1.82, 2.24) is 9.80 Å². The molecule has 0 aromatic heterocycles. The van der Waals surface area contributed by atoms with Gasteiger partial charge in [0.1, 0.15) is 0 Å². The van der Waals surface area contributed by atoms with Crippen LogP contribution in [0.3, 0.4) is 0 Å². The molecule has 3 N–H and O–H groups in total. The van der Waals surface area contributed by atoms with Crippen molar-refractivity contribution in [2.75, 3.05) is 40.3 Å². The Bertz CT molecular complexity index is 206. The van der Waals surface area contributed by atoms with E-state index in [1.807, 2.05) is 6.92 Å². The molecule has 4 heteroatoms. The smallest absolute Gasteiger partial charge is 0.0608 e.